The van der Waals surface area contributed by atoms with Crippen molar-refractivity contribution in [2.24, 2.45) is 0 Å². The summed E-state index contributed by atoms with van der Waals surface area (Å²) < 4.78 is 2.06. The fraction of sp³-hybridized carbons (Fsp3) is 0.389. The van der Waals surface area contributed by atoms with Crippen LogP contribution in [0.2, 0.25) is 0 Å². The number of rotatable bonds is 4. The first-order valence-corrected chi connectivity index (χ1v) is 7.18. The second-order valence-electron chi connectivity index (χ2n) is 6.30. The number of hydrogen-bond acceptors (Lipinski definition) is 1. The average molecular weight is 269 g/mol. The standard InChI is InChI=1S/C18H23NO/c1-5-17(20)15-10-11-19(13-15)12-14-6-8-16(9-7-14)18(2,3)4/h6-11,13H,5,12H2,1-4H3. The minimum absolute atomic E-state index is 0.187. The van der Waals surface area contributed by atoms with E-state index in [0.717, 1.165) is 12.1 Å². The normalized spacial score (nSPS) is 11.6. The van der Waals surface area contributed by atoms with E-state index in [0.29, 0.717) is 6.42 Å². The van der Waals surface area contributed by atoms with Gasteiger partial charge in [-0.15, -0.1) is 0 Å². The van der Waals surface area contributed by atoms with E-state index in [9.17, 15) is 4.79 Å². The molecule has 0 saturated carbocycles. The molecule has 2 nitrogen and oxygen atoms in total. The molecule has 20 heavy (non-hydrogen) atoms. The summed E-state index contributed by atoms with van der Waals surface area (Å²) in [6.45, 7) is 9.36. The van der Waals surface area contributed by atoms with Crippen LogP contribution in [-0.4, -0.2) is 10.4 Å². The van der Waals surface area contributed by atoms with Crippen LogP contribution in [0.25, 0.3) is 0 Å². The minimum Gasteiger partial charge on any atom is -0.349 e. The Labute approximate surface area is 121 Å². The molecular weight excluding hydrogens is 246 g/mol. The zero-order valence-corrected chi connectivity index (χ0v) is 12.8. The molecule has 0 N–H and O–H groups in total. The summed E-state index contributed by atoms with van der Waals surface area (Å²) in [5.41, 5.74) is 3.59. The number of hydrogen-bond donors (Lipinski definition) is 0. The second kappa shape index (κ2) is 5.66. The predicted octanol–water partition coefficient (Wildman–Crippen LogP) is 4.43. The summed E-state index contributed by atoms with van der Waals surface area (Å²) in [4.78, 5) is 11.6. The maximum absolute atomic E-state index is 11.6. The molecule has 0 bridgehead atoms. The molecule has 0 spiro atoms. The lowest BCUT2D eigenvalue weighted by molar-refractivity contribution is 0.0988. The first-order valence-electron chi connectivity index (χ1n) is 7.18. The van der Waals surface area contributed by atoms with Crippen molar-refractivity contribution in [2.45, 2.75) is 46.1 Å². The Balaban J connectivity index is 2.10. The first-order chi connectivity index (χ1) is 9.40. The van der Waals surface area contributed by atoms with Crippen molar-refractivity contribution in [3.05, 3.63) is 59.4 Å². The van der Waals surface area contributed by atoms with Crippen molar-refractivity contribution >= 4 is 5.78 Å². The van der Waals surface area contributed by atoms with Crippen LogP contribution in [0.4, 0.5) is 0 Å². The van der Waals surface area contributed by atoms with Gasteiger partial charge in [-0.3, -0.25) is 4.79 Å². The fourth-order valence-electron chi connectivity index (χ4n) is 2.23. The Hall–Kier alpha value is -1.83. The van der Waals surface area contributed by atoms with Crippen LogP contribution in [0.5, 0.6) is 0 Å². The Kier molecular flexibility index (Phi) is 4.12. The number of Topliss-reactive ketones (excluding diaryl/α,β-unsaturated/α-hetero) is 1. The maximum Gasteiger partial charge on any atom is 0.164 e. The van der Waals surface area contributed by atoms with Gasteiger partial charge in [-0.2, -0.15) is 0 Å². The van der Waals surface area contributed by atoms with Gasteiger partial charge in [0.2, 0.25) is 0 Å². The Morgan fingerprint density at radius 3 is 2.30 bits per heavy atom. The van der Waals surface area contributed by atoms with Gasteiger partial charge < -0.3 is 4.57 Å². The molecule has 0 aliphatic carbocycles. The van der Waals surface area contributed by atoms with Crippen LogP contribution in [-0.2, 0) is 12.0 Å². The SMILES string of the molecule is CCC(=O)c1ccn(Cc2ccc(C(C)(C)C)cc2)c1. The number of aromatic nitrogens is 1. The number of ketones is 1. The quantitative estimate of drug-likeness (QED) is 0.753. The largest absolute Gasteiger partial charge is 0.349 e. The molecular formula is C18H23NO. The van der Waals surface area contributed by atoms with Crippen LogP contribution >= 0.6 is 0 Å². The first kappa shape index (κ1) is 14.6. The van der Waals surface area contributed by atoms with Crippen molar-refractivity contribution in [2.75, 3.05) is 0 Å². The van der Waals surface area contributed by atoms with E-state index >= 15 is 0 Å². The third kappa shape index (κ3) is 3.38. The number of nitrogens with zero attached hydrogens (tertiary/aromatic N) is 1. The van der Waals surface area contributed by atoms with E-state index in [1.165, 1.54) is 11.1 Å². The van der Waals surface area contributed by atoms with Gasteiger partial charge in [-0.1, -0.05) is 52.0 Å². The number of carbonyl (C=O) groups is 1. The predicted molar refractivity (Wildman–Crippen MR) is 83.3 cm³/mol. The molecule has 0 atom stereocenters. The smallest absolute Gasteiger partial charge is 0.164 e. The highest BCUT2D eigenvalue weighted by Gasteiger charge is 2.12. The summed E-state index contributed by atoms with van der Waals surface area (Å²) in [7, 11) is 0. The lowest BCUT2D eigenvalue weighted by atomic mass is 9.87. The van der Waals surface area contributed by atoms with Crippen molar-refractivity contribution in [1.82, 2.24) is 4.57 Å². The van der Waals surface area contributed by atoms with Crippen molar-refractivity contribution in [3.63, 3.8) is 0 Å². The van der Waals surface area contributed by atoms with Gasteiger partial charge in [0.05, 0.1) is 0 Å². The van der Waals surface area contributed by atoms with Crippen LogP contribution < -0.4 is 0 Å². The van der Waals surface area contributed by atoms with Gasteiger partial charge in [0.15, 0.2) is 5.78 Å². The van der Waals surface area contributed by atoms with E-state index in [1.807, 2.05) is 25.4 Å². The highest BCUT2D eigenvalue weighted by atomic mass is 16.1. The van der Waals surface area contributed by atoms with Crippen LogP contribution in [0.1, 0.15) is 55.6 Å². The molecule has 106 valence electrons. The van der Waals surface area contributed by atoms with Gasteiger partial charge in [0.25, 0.3) is 0 Å². The van der Waals surface area contributed by atoms with Gasteiger partial charge in [0.1, 0.15) is 0 Å². The number of benzene rings is 1. The Bertz CT molecular complexity index is 585. The molecule has 0 aliphatic rings. The molecule has 2 aromatic rings. The van der Waals surface area contributed by atoms with Gasteiger partial charge in [-0.25, -0.2) is 0 Å². The van der Waals surface area contributed by atoms with Crippen LogP contribution in [0, 0.1) is 0 Å². The average Bonchev–Trinajstić information content (AvgIpc) is 2.86. The van der Waals surface area contributed by atoms with Crippen LogP contribution in [0.3, 0.4) is 0 Å². The molecule has 0 unspecified atom stereocenters. The summed E-state index contributed by atoms with van der Waals surface area (Å²) in [6, 6.07) is 10.6. The summed E-state index contributed by atoms with van der Waals surface area (Å²) in [5, 5.41) is 0. The maximum atomic E-state index is 11.6. The molecule has 1 heterocycles. The molecule has 0 radical (unpaired) electrons. The van der Waals surface area contributed by atoms with Crippen molar-refractivity contribution in [3.8, 4) is 0 Å². The van der Waals surface area contributed by atoms with Gasteiger partial charge in [0, 0.05) is 30.9 Å². The topological polar surface area (TPSA) is 22.0 Å². The minimum atomic E-state index is 0.187. The molecule has 0 saturated heterocycles. The molecule has 2 rings (SSSR count). The Morgan fingerprint density at radius 1 is 1.10 bits per heavy atom. The van der Waals surface area contributed by atoms with E-state index < -0.39 is 0 Å². The van der Waals surface area contributed by atoms with Gasteiger partial charge >= 0.3 is 0 Å². The molecule has 0 amide bonds. The molecule has 1 aromatic heterocycles. The molecule has 2 heteroatoms. The highest BCUT2D eigenvalue weighted by molar-refractivity contribution is 5.95. The van der Waals surface area contributed by atoms with Gasteiger partial charge in [-0.05, 0) is 22.6 Å². The zero-order valence-electron chi connectivity index (χ0n) is 12.8. The molecule has 1 aromatic carbocycles. The van der Waals surface area contributed by atoms with E-state index in [4.69, 9.17) is 0 Å². The second-order valence-corrected chi connectivity index (χ2v) is 6.30. The van der Waals surface area contributed by atoms with E-state index in [2.05, 4.69) is 49.6 Å². The summed E-state index contributed by atoms with van der Waals surface area (Å²) in [5.74, 6) is 0.201. The summed E-state index contributed by atoms with van der Waals surface area (Å²) in [6.07, 6.45) is 4.47. The van der Waals surface area contributed by atoms with E-state index in [1.54, 1.807) is 0 Å². The highest BCUT2D eigenvalue weighted by Crippen LogP contribution is 2.22. The van der Waals surface area contributed by atoms with E-state index in [-0.39, 0.29) is 11.2 Å². The molecule has 0 fully saturated rings. The molecule has 0 aliphatic heterocycles. The summed E-state index contributed by atoms with van der Waals surface area (Å²) >= 11 is 0. The Morgan fingerprint density at radius 2 is 1.75 bits per heavy atom. The monoisotopic (exact) mass is 269 g/mol. The van der Waals surface area contributed by atoms with Crippen molar-refractivity contribution < 1.29 is 4.79 Å². The third-order valence-electron chi connectivity index (χ3n) is 3.58. The van der Waals surface area contributed by atoms with Crippen LogP contribution in [0.15, 0.2) is 42.7 Å². The number of carbonyl (C=O) groups excluding carboxylic acids is 1. The lowest BCUT2D eigenvalue weighted by Gasteiger charge is -2.19. The zero-order chi connectivity index (χ0) is 14.8. The fourth-order valence-corrected chi connectivity index (χ4v) is 2.23. The van der Waals surface area contributed by atoms with Crippen molar-refractivity contribution in [1.29, 1.82) is 0 Å². The third-order valence-corrected chi connectivity index (χ3v) is 3.58. The lowest BCUT2D eigenvalue weighted by Crippen LogP contribution is -2.10.